The van der Waals surface area contributed by atoms with Crippen LogP contribution in [0.3, 0.4) is 0 Å². The highest BCUT2D eigenvalue weighted by Gasteiger charge is 2.15. The molecule has 0 saturated heterocycles. The molecule has 0 bridgehead atoms. The first-order valence-corrected chi connectivity index (χ1v) is 5.73. The van der Waals surface area contributed by atoms with E-state index in [0.29, 0.717) is 11.6 Å². The lowest BCUT2D eigenvalue weighted by molar-refractivity contribution is 0.101. The fourth-order valence-corrected chi connectivity index (χ4v) is 1.41. The standard InChI is InChI=1S/C12H15N5O/c1-7(2)9-14-11(17-16-9)12(18)15-10-8(3)5-4-6-13-10/h4-7H,1-3H3,(H,13,15,18)(H,14,16,17). The van der Waals surface area contributed by atoms with Gasteiger partial charge in [0.2, 0.25) is 5.82 Å². The van der Waals surface area contributed by atoms with E-state index in [1.165, 1.54) is 0 Å². The number of rotatable bonds is 3. The number of carbonyl (C=O) groups is 1. The Morgan fingerprint density at radius 1 is 1.44 bits per heavy atom. The first-order chi connectivity index (χ1) is 8.58. The van der Waals surface area contributed by atoms with Crippen molar-refractivity contribution in [3.8, 4) is 0 Å². The van der Waals surface area contributed by atoms with Gasteiger partial charge in [0.05, 0.1) is 0 Å². The quantitative estimate of drug-likeness (QED) is 0.864. The highest BCUT2D eigenvalue weighted by molar-refractivity contribution is 6.01. The smallest absolute Gasteiger partial charge is 0.296 e. The summed E-state index contributed by atoms with van der Waals surface area (Å²) < 4.78 is 0. The molecule has 0 atom stereocenters. The Labute approximate surface area is 105 Å². The Bertz CT molecular complexity index is 561. The number of nitrogens with one attached hydrogen (secondary N) is 2. The van der Waals surface area contributed by atoms with Gasteiger partial charge in [0.25, 0.3) is 5.91 Å². The molecular formula is C12H15N5O. The van der Waals surface area contributed by atoms with Crippen molar-refractivity contribution < 1.29 is 4.79 Å². The lowest BCUT2D eigenvalue weighted by atomic mass is 10.2. The molecule has 0 aromatic carbocycles. The maximum atomic E-state index is 11.9. The van der Waals surface area contributed by atoms with Gasteiger partial charge in [-0.05, 0) is 18.6 Å². The summed E-state index contributed by atoms with van der Waals surface area (Å²) in [7, 11) is 0. The summed E-state index contributed by atoms with van der Waals surface area (Å²) in [6, 6.07) is 3.69. The molecule has 18 heavy (non-hydrogen) atoms. The highest BCUT2D eigenvalue weighted by atomic mass is 16.2. The second-order valence-corrected chi connectivity index (χ2v) is 4.32. The summed E-state index contributed by atoms with van der Waals surface area (Å²) in [5.74, 6) is 1.19. The fraction of sp³-hybridized carbons (Fsp3) is 0.333. The summed E-state index contributed by atoms with van der Waals surface area (Å²) in [5.41, 5.74) is 0.894. The van der Waals surface area contributed by atoms with E-state index in [1.807, 2.05) is 32.9 Å². The van der Waals surface area contributed by atoms with Crippen molar-refractivity contribution in [1.29, 1.82) is 0 Å². The zero-order valence-corrected chi connectivity index (χ0v) is 10.6. The molecule has 0 aliphatic rings. The van der Waals surface area contributed by atoms with Crippen LogP contribution < -0.4 is 5.32 Å². The molecule has 2 rings (SSSR count). The van der Waals surface area contributed by atoms with Crippen LogP contribution in [0, 0.1) is 6.92 Å². The van der Waals surface area contributed by atoms with E-state index >= 15 is 0 Å². The number of carbonyl (C=O) groups excluding carboxylic acids is 1. The van der Waals surface area contributed by atoms with E-state index in [0.717, 1.165) is 5.56 Å². The molecule has 0 saturated carbocycles. The van der Waals surface area contributed by atoms with Crippen LogP contribution >= 0.6 is 0 Å². The molecule has 2 heterocycles. The molecule has 6 nitrogen and oxygen atoms in total. The van der Waals surface area contributed by atoms with E-state index in [-0.39, 0.29) is 17.6 Å². The summed E-state index contributed by atoms with van der Waals surface area (Å²) in [4.78, 5) is 20.1. The maximum Gasteiger partial charge on any atom is 0.296 e. The van der Waals surface area contributed by atoms with Crippen LogP contribution in [0.4, 0.5) is 5.82 Å². The summed E-state index contributed by atoms with van der Waals surface area (Å²) in [6.45, 7) is 5.83. The number of anilines is 1. The number of aromatic nitrogens is 4. The van der Waals surface area contributed by atoms with Crippen LogP contribution in [0.5, 0.6) is 0 Å². The van der Waals surface area contributed by atoms with Crippen molar-refractivity contribution in [2.75, 3.05) is 5.32 Å². The minimum atomic E-state index is -0.361. The molecule has 2 aromatic rings. The minimum absolute atomic E-state index is 0.128. The predicted molar refractivity (Wildman–Crippen MR) is 67.4 cm³/mol. The van der Waals surface area contributed by atoms with E-state index in [4.69, 9.17) is 0 Å². The lowest BCUT2D eigenvalue weighted by Crippen LogP contribution is -2.15. The van der Waals surface area contributed by atoms with Crippen LogP contribution in [0.15, 0.2) is 18.3 Å². The molecule has 0 fully saturated rings. The van der Waals surface area contributed by atoms with E-state index < -0.39 is 0 Å². The Morgan fingerprint density at radius 2 is 2.22 bits per heavy atom. The lowest BCUT2D eigenvalue weighted by Gasteiger charge is -2.03. The van der Waals surface area contributed by atoms with Gasteiger partial charge in [0.15, 0.2) is 0 Å². The zero-order valence-electron chi connectivity index (χ0n) is 10.6. The SMILES string of the molecule is Cc1cccnc1NC(=O)c1n[nH]c(C(C)C)n1. The summed E-state index contributed by atoms with van der Waals surface area (Å²) in [6.07, 6.45) is 1.63. The van der Waals surface area contributed by atoms with Crippen LogP contribution in [-0.2, 0) is 0 Å². The molecule has 0 radical (unpaired) electrons. The van der Waals surface area contributed by atoms with Gasteiger partial charge in [-0.25, -0.2) is 9.97 Å². The second-order valence-electron chi connectivity index (χ2n) is 4.32. The number of hydrogen-bond donors (Lipinski definition) is 2. The van der Waals surface area contributed by atoms with Crippen LogP contribution in [0.25, 0.3) is 0 Å². The average molecular weight is 245 g/mol. The number of pyridine rings is 1. The number of aromatic amines is 1. The van der Waals surface area contributed by atoms with Gasteiger partial charge < -0.3 is 5.32 Å². The minimum Gasteiger partial charge on any atom is -0.304 e. The third-order valence-corrected chi connectivity index (χ3v) is 2.49. The summed E-state index contributed by atoms with van der Waals surface area (Å²) >= 11 is 0. The van der Waals surface area contributed by atoms with Crippen molar-refractivity contribution in [1.82, 2.24) is 20.2 Å². The number of hydrogen-bond acceptors (Lipinski definition) is 4. The normalized spacial score (nSPS) is 10.7. The molecule has 2 aromatic heterocycles. The third-order valence-electron chi connectivity index (χ3n) is 2.49. The Hall–Kier alpha value is -2.24. The number of H-pyrrole nitrogens is 1. The van der Waals surface area contributed by atoms with Gasteiger partial charge in [-0.15, -0.1) is 5.10 Å². The molecule has 0 unspecified atom stereocenters. The van der Waals surface area contributed by atoms with Gasteiger partial charge in [-0.2, -0.15) is 0 Å². The first kappa shape index (κ1) is 12.2. The average Bonchev–Trinajstić information content (AvgIpc) is 2.81. The first-order valence-electron chi connectivity index (χ1n) is 5.73. The molecule has 2 N–H and O–H groups in total. The molecule has 1 amide bonds. The predicted octanol–water partition coefficient (Wildman–Crippen LogP) is 1.88. The molecule has 0 spiro atoms. The Balaban J connectivity index is 2.15. The zero-order chi connectivity index (χ0) is 13.1. The molecule has 94 valence electrons. The molecule has 6 heteroatoms. The monoisotopic (exact) mass is 245 g/mol. The van der Waals surface area contributed by atoms with Gasteiger partial charge >= 0.3 is 0 Å². The van der Waals surface area contributed by atoms with E-state index in [2.05, 4.69) is 25.5 Å². The molecule has 0 aliphatic heterocycles. The largest absolute Gasteiger partial charge is 0.304 e. The van der Waals surface area contributed by atoms with E-state index in [9.17, 15) is 4.79 Å². The van der Waals surface area contributed by atoms with Crippen molar-refractivity contribution in [2.24, 2.45) is 0 Å². The fourth-order valence-electron chi connectivity index (χ4n) is 1.41. The maximum absolute atomic E-state index is 11.9. The van der Waals surface area contributed by atoms with Crippen LogP contribution in [0.2, 0.25) is 0 Å². The summed E-state index contributed by atoms with van der Waals surface area (Å²) in [5, 5.41) is 9.32. The highest BCUT2D eigenvalue weighted by Crippen LogP contribution is 2.11. The topological polar surface area (TPSA) is 83.6 Å². The second kappa shape index (κ2) is 4.95. The molecule has 0 aliphatic carbocycles. The van der Waals surface area contributed by atoms with Gasteiger partial charge in [-0.1, -0.05) is 19.9 Å². The van der Waals surface area contributed by atoms with Crippen molar-refractivity contribution in [3.63, 3.8) is 0 Å². The van der Waals surface area contributed by atoms with Gasteiger partial charge in [0, 0.05) is 12.1 Å². The van der Waals surface area contributed by atoms with Crippen molar-refractivity contribution in [3.05, 3.63) is 35.5 Å². The van der Waals surface area contributed by atoms with Crippen LogP contribution in [0.1, 0.15) is 41.8 Å². The van der Waals surface area contributed by atoms with Crippen molar-refractivity contribution >= 4 is 11.7 Å². The van der Waals surface area contributed by atoms with Crippen molar-refractivity contribution in [2.45, 2.75) is 26.7 Å². The Morgan fingerprint density at radius 3 is 2.83 bits per heavy atom. The number of nitrogens with zero attached hydrogens (tertiary/aromatic N) is 3. The van der Waals surface area contributed by atoms with E-state index in [1.54, 1.807) is 6.20 Å². The van der Waals surface area contributed by atoms with Crippen LogP contribution in [-0.4, -0.2) is 26.1 Å². The third kappa shape index (κ3) is 2.53. The van der Waals surface area contributed by atoms with Gasteiger partial charge in [-0.3, -0.25) is 9.89 Å². The Kier molecular flexibility index (Phi) is 3.36. The number of amides is 1. The number of aryl methyl sites for hydroxylation is 1. The van der Waals surface area contributed by atoms with Gasteiger partial charge in [0.1, 0.15) is 11.6 Å². The molecular weight excluding hydrogens is 230 g/mol.